The number of carbonyl (C=O) groups is 1. The zero-order valence-electron chi connectivity index (χ0n) is 11.2. The fraction of sp³-hybridized carbons (Fsp3) is 0.467. The Morgan fingerprint density at radius 1 is 1.42 bits per heavy atom. The average molecular weight is 321 g/mol. The first-order valence-electron chi connectivity index (χ1n) is 6.39. The van der Waals surface area contributed by atoms with E-state index in [-0.39, 0.29) is 11.9 Å². The highest BCUT2D eigenvalue weighted by atomic mass is 79.9. The standard InChI is InChI=1S/C15H17BrN2O/c1-15(2,10-17)18(13-7-8-13)14(19)12-5-3-11(9-16)4-6-12/h3-6,13H,7-9H2,1-2H3. The van der Waals surface area contributed by atoms with Crippen molar-refractivity contribution in [2.75, 3.05) is 0 Å². The van der Waals surface area contributed by atoms with Crippen molar-refractivity contribution in [2.24, 2.45) is 0 Å². The van der Waals surface area contributed by atoms with Crippen LogP contribution in [0.3, 0.4) is 0 Å². The van der Waals surface area contributed by atoms with Gasteiger partial charge in [0.15, 0.2) is 0 Å². The van der Waals surface area contributed by atoms with E-state index in [1.807, 2.05) is 24.3 Å². The van der Waals surface area contributed by atoms with Gasteiger partial charge in [0.2, 0.25) is 0 Å². The Morgan fingerprint density at radius 3 is 2.42 bits per heavy atom. The second-order valence-corrected chi connectivity index (χ2v) is 5.97. The molecule has 0 N–H and O–H groups in total. The summed E-state index contributed by atoms with van der Waals surface area (Å²) in [4.78, 5) is 14.3. The van der Waals surface area contributed by atoms with E-state index in [2.05, 4.69) is 22.0 Å². The maximum Gasteiger partial charge on any atom is 0.255 e. The summed E-state index contributed by atoms with van der Waals surface area (Å²) in [6.07, 6.45) is 1.99. The summed E-state index contributed by atoms with van der Waals surface area (Å²) in [7, 11) is 0. The van der Waals surface area contributed by atoms with Crippen LogP contribution in [0.25, 0.3) is 0 Å². The molecule has 0 heterocycles. The molecule has 0 unspecified atom stereocenters. The molecule has 3 nitrogen and oxygen atoms in total. The predicted octanol–water partition coefficient (Wildman–Crippen LogP) is 3.49. The summed E-state index contributed by atoms with van der Waals surface area (Å²) in [5, 5.41) is 10.0. The Bertz CT molecular complexity index is 512. The van der Waals surface area contributed by atoms with E-state index in [1.165, 1.54) is 0 Å². The molecule has 1 aromatic carbocycles. The summed E-state index contributed by atoms with van der Waals surface area (Å²) in [5.74, 6) is -0.0461. The van der Waals surface area contributed by atoms with Crippen molar-refractivity contribution in [1.29, 1.82) is 5.26 Å². The number of alkyl halides is 1. The Balaban J connectivity index is 2.27. The van der Waals surface area contributed by atoms with E-state index in [1.54, 1.807) is 18.7 Å². The Morgan fingerprint density at radius 2 is 2.00 bits per heavy atom. The maximum atomic E-state index is 12.6. The number of rotatable bonds is 4. The first-order valence-corrected chi connectivity index (χ1v) is 7.51. The molecule has 0 aromatic heterocycles. The normalized spacial score (nSPS) is 14.8. The lowest BCUT2D eigenvalue weighted by Gasteiger charge is -2.33. The second-order valence-electron chi connectivity index (χ2n) is 5.41. The van der Waals surface area contributed by atoms with Crippen LogP contribution in [0.15, 0.2) is 24.3 Å². The van der Waals surface area contributed by atoms with Crippen molar-refractivity contribution in [3.63, 3.8) is 0 Å². The van der Waals surface area contributed by atoms with E-state index >= 15 is 0 Å². The molecular weight excluding hydrogens is 304 g/mol. The van der Waals surface area contributed by atoms with Gasteiger partial charge in [-0.1, -0.05) is 28.1 Å². The van der Waals surface area contributed by atoms with Gasteiger partial charge in [-0.15, -0.1) is 0 Å². The number of carbonyl (C=O) groups excluding carboxylic acids is 1. The second kappa shape index (κ2) is 5.34. The van der Waals surface area contributed by atoms with Gasteiger partial charge >= 0.3 is 0 Å². The molecule has 0 aliphatic heterocycles. The monoisotopic (exact) mass is 320 g/mol. The van der Waals surface area contributed by atoms with E-state index in [0.717, 1.165) is 23.7 Å². The quantitative estimate of drug-likeness (QED) is 0.797. The third-order valence-electron chi connectivity index (χ3n) is 3.36. The van der Waals surface area contributed by atoms with E-state index in [0.29, 0.717) is 5.56 Å². The highest BCUT2D eigenvalue weighted by Crippen LogP contribution is 2.34. The van der Waals surface area contributed by atoms with Crippen molar-refractivity contribution in [3.05, 3.63) is 35.4 Å². The average Bonchev–Trinajstić information content (AvgIpc) is 3.23. The predicted molar refractivity (Wildman–Crippen MR) is 78.0 cm³/mol. The minimum Gasteiger partial charge on any atom is -0.317 e. The zero-order chi connectivity index (χ0) is 14.0. The Kier molecular flexibility index (Phi) is 3.96. The molecule has 1 saturated carbocycles. The van der Waals surface area contributed by atoms with Gasteiger partial charge in [0.05, 0.1) is 6.07 Å². The highest BCUT2D eigenvalue weighted by Gasteiger charge is 2.42. The Labute approximate surface area is 122 Å². The fourth-order valence-corrected chi connectivity index (χ4v) is 2.51. The van der Waals surface area contributed by atoms with Gasteiger partial charge in [-0.05, 0) is 44.4 Å². The van der Waals surface area contributed by atoms with Crippen LogP contribution < -0.4 is 0 Å². The molecule has 0 radical (unpaired) electrons. The number of hydrogen-bond acceptors (Lipinski definition) is 2. The molecule has 1 fully saturated rings. The molecule has 2 rings (SSSR count). The van der Waals surface area contributed by atoms with Gasteiger partial charge in [0.1, 0.15) is 5.54 Å². The summed E-state index contributed by atoms with van der Waals surface area (Å²) in [6.45, 7) is 3.60. The molecule has 0 spiro atoms. The highest BCUT2D eigenvalue weighted by molar-refractivity contribution is 9.08. The number of nitriles is 1. The minimum atomic E-state index is -0.758. The lowest BCUT2D eigenvalue weighted by Crippen LogP contribution is -2.48. The van der Waals surface area contributed by atoms with Crippen LogP contribution >= 0.6 is 15.9 Å². The molecular formula is C15H17BrN2O. The zero-order valence-corrected chi connectivity index (χ0v) is 12.8. The smallest absolute Gasteiger partial charge is 0.255 e. The largest absolute Gasteiger partial charge is 0.317 e. The lowest BCUT2D eigenvalue weighted by atomic mass is 10.0. The number of hydrogen-bond donors (Lipinski definition) is 0. The molecule has 1 aliphatic rings. The molecule has 1 aromatic rings. The van der Waals surface area contributed by atoms with E-state index in [9.17, 15) is 10.1 Å². The third kappa shape index (κ3) is 2.98. The molecule has 4 heteroatoms. The summed E-state index contributed by atoms with van der Waals surface area (Å²) >= 11 is 3.39. The number of nitrogens with zero attached hydrogens (tertiary/aromatic N) is 2. The maximum absolute atomic E-state index is 12.6. The number of halogens is 1. The van der Waals surface area contributed by atoms with Crippen molar-refractivity contribution >= 4 is 21.8 Å². The summed E-state index contributed by atoms with van der Waals surface area (Å²) < 4.78 is 0. The van der Waals surface area contributed by atoms with Crippen molar-refractivity contribution in [3.8, 4) is 6.07 Å². The topological polar surface area (TPSA) is 44.1 Å². The van der Waals surface area contributed by atoms with Crippen LogP contribution in [0.4, 0.5) is 0 Å². The van der Waals surface area contributed by atoms with Crippen LogP contribution in [0.5, 0.6) is 0 Å². The molecule has 1 aliphatic carbocycles. The molecule has 0 saturated heterocycles. The molecule has 0 atom stereocenters. The molecule has 1 amide bonds. The van der Waals surface area contributed by atoms with Crippen LogP contribution in [-0.4, -0.2) is 22.4 Å². The van der Waals surface area contributed by atoms with Gasteiger partial charge in [-0.2, -0.15) is 5.26 Å². The minimum absolute atomic E-state index is 0.0461. The van der Waals surface area contributed by atoms with Crippen molar-refractivity contribution < 1.29 is 4.79 Å². The van der Waals surface area contributed by atoms with E-state index in [4.69, 9.17) is 0 Å². The lowest BCUT2D eigenvalue weighted by molar-refractivity contribution is 0.0615. The van der Waals surface area contributed by atoms with Gasteiger partial charge in [-0.3, -0.25) is 4.79 Å². The molecule has 0 bridgehead atoms. The first kappa shape index (κ1) is 14.1. The van der Waals surface area contributed by atoms with E-state index < -0.39 is 5.54 Å². The number of benzene rings is 1. The van der Waals surface area contributed by atoms with Gasteiger partial charge in [0.25, 0.3) is 5.91 Å². The Hall–Kier alpha value is -1.34. The third-order valence-corrected chi connectivity index (χ3v) is 4.01. The SMILES string of the molecule is CC(C)(C#N)N(C(=O)c1ccc(CBr)cc1)C1CC1. The number of amides is 1. The van der Waals surface area contributed by atoms with Gasteiger partial charge < -0.3 is 4.90 Å². The summed E-state index contributed by atoms with van der Waals surface area (Å²) in [6, 6.07) is 10.00. The summed E-state index contributed by atoms with van der Waals surface area (Å²) in [5.41, 5.74) is 1.03. The van der Waals surface area contributed by atoms with Crippen molar-refractivity contribution in [1.82, 2.24) is 4.90 Å². The van der Waals surface area contributed by atoms with Gasteiger partial charge in [-0.25, -0.2) is 0 Å². The van der Waals surface area contributed by atoms with Crippen LogP contribution in [0.1, 0.15) is 42.6 Å². The molecule has 19 heavy (non-hydrogen) atoms. The van der Waals surface area contributed by atoms with Crippen molar-refractivity contribution in [2.45, 2.75) is 43.6 Å². The van der Waals surface area contributed by atoms with Crippen LogP contribution in [0, 0.1) is 11.3 Å². The first-order chi connectivity index (χ1) is 8.99. The van der Waals surface area contributed by atoms with Gasteiger partial charge in [0, 0.05) is 16.9 Å². The fourth-order valence-electron chi connectivity index (χ4n) is 2.14. The van der Waals surface area contributed by atoms with Crippen LogP contribution in [-0.2, 0) is 5.33 Å². The van der Waals surface area contributed by atoms with Crippen LogP contribution in [0.2, 0.25) is 0 Å². The molecule has 100 valence electrons.